The number of carbonyl (C=O) groups excluding carboxylic acids is 8. The fourth-order valence-electron chi connectivity index (χ4n) is 7.45. The van der Waals surface area contributed by atoms with Gasteiger partial charge in [-0.25, -0.2) is 0 Å². The molecular weight excluding hydrogens is 885 g/mol. The fraction of sp³-hybridized carbons (Fsp3) is 0.732. The third kappa shape index (κ3) is 23.7. The molecule has 2 aliphatic rings. The first-order valence-electron chi connectivity index (χ1n) is 22.4. The largest absolute Gasteiger partial charge is 0.480 e. The van der Waals surface area contributed by atoms with Gasteiger partial charge in [0, 0.05) is 96.9 Å². The minimum atomic E-state index is -1.71. The summed E-state index contributed by atoms with van der Waals surface area (Å²) in [5.41, 5.74) is 0. The van der Waals surface area contributed by atoms with E-state index in [9.17, 15) is 78.1 Å². The van der Waals surface area contributed by atoms with Crippen molar-refractivity contribution in [2.45, 2.75) is 77.7 Å². The molecule has 9 N–H and O–H groups in total. The zero-order valence-corrected chi connectivity index (χ0v) is 38.6. The minimum absolute atomic E-state index is 0.195. The number of hydrogen-bond acceptors (Lipinski definition) is 17. The van der Waals surface area contributed by atoms with E-state index < -0.39 is 109 Å². The number of nitrogens with zero attached hydrogens (tertiary/aromatic N) is 5. The molecule has 0 aromatic carbocycles. The van der Waals surface area contributed by atoms with Crippen LogP contribution in [0.2, 0.25) is 0 Å². The Labute approximate surface area is 389 Å². The summed E-state index contributed by atoms with van der Waals surface area (Å²) in [6, 6.07) is -0.983. The maximum absolute atomic E-state index is 13.1. The molecule has 3 atom stereocenters. The van der Waals surface area contributed by atoms with Crippen molar-refractivity contribution in [3.8, 4) is 0 Å². The van der Waals surface area contributed by atoms with E-state index in [1.165, 1.54) is 11.8 Å². The molecule has 2 fully saturated rings. The molecule has 2 heterocycles. The van der Waals surface area contributed by atoms with Crippen LogP contribution in [0.15, 0.2) is 0 Å². The molecule has 376 valence electrons. The van der Waals surface area contributed by atoms with Gasteiger partial charge in [0.2, 0.25) is 29.5 Å². The third-order valence-corrected chi connectivity index (χ3v) is 11.3. The minimum Gasteiger partial charge on any atom is -0.480 e. The summed E-state index contributed by atoms with van der Waals surface area (Å²) in [5.74, 6) is -9.45. The first-order valence-corrected chi connectivity index (χ1v) is 22.4. The van der Waals surface area contributed by atoms with E-state index in [1.54, 1.807) is 33.4 Å². The highest BCUT2D eigenvalue weighted by Gasteiger charge is 2.39. The summed E-state index contributed by atoms with van der Waals surface area (Å²) in [4.78, 5) is 143. The highest BCUT2D eigenvalue weighted by atomic mass is 16.4. The van der Waals surface area contributed by atoms with Gasteiger partial charge in [0.25, 0.3) is 0 Å². The Kier molecular flexibility index (Phi) is 25.9. The van der Waals surface area contributed by atoms with Crippen molar-refractivity contribution in [1.29, 1.82) is 0 Å². The number of carboxylic acids is 3. The third-order valence-electron chi connectivity index (χ3n) is 11.3. The first-order chi connectivity index (χ1) is 31.5. The number of rotatable bonds is 27. The molecule has 25 nitrogen and oxygen atoms in total. The lowest BCUT2D eigenvalue weighted by atomic mass is 9.78. The normalized spacial score (nSPS) is 17.8. The fourth-order valence-corrected chi connectivity index (χ4v) is 7.45. The van der Waals surface area contributed by atoms with Gasteiger partial charge in [0.05, 0.1) is 51.8 Å². The summed E-state index contributed by atoms with van der Waals surface area (Å²) in [6.45, 7) is 4.43. The standard InChI is InChI=1S/C41H68BN9O16/c1-27(2)32(40(64)46-28(3)41(65)51-10-4-5-33(51)42(66)67)19-31(54)22-44-35(56)9-6-29(52)20-43-34(55)8-7-30(53)21-45-36(57)23-47-11-13-48(24-37(58)59)15-17-50(26-39(62)63)18-16-49(14-12-47)25-38(60)61/h27-28,32-33,66-67H,4-26H2,1-3H3,(H,43,55)(H,44,56)(H,45,57)(H,46,64)(H,58,59)(H,60,61)(H,62,63)/t28-,32+,33+/m1/s1. The van der Waals surface area contributed by atoms with Crippen LogP contribution < -0.4 is 21.3 Å². The molecule has 0 aliphatic carbocycles. The van der Waals surface area contributed by atoms with Crippen LogP contribution in [0.5, 0.6) is 0 Å². The lowest BCUT2D eigenvalue weighted by Gasteiger charge is -2.32. The van der Waals surface area contributed by atoms with Crippen molar-refractivity contribution in [3.05, 3.63) is 0 Å². The van der Waals surface area contributed by atoms with E-state index in [2.05, 4.69) is 21.3 Å². The van der Waals surface area contributed by atoms with Gasteiger partial charge >= 0.3 is 25.0 Å². The summed E-state index contributed by atoms with van der Waals surface area (Å²) in [5, 5.41) is 57.2. The van der Waals surface area contributed by atoms with Crippen molar-refractivity contribution in [2.24, 2.45) is 11.8 Å². The van der Waals surface area contributed by atoms with Crippen molar-refractivity contribution < 1.29 is 78.1 Å². The molecule has 67 heavy (non-hydrogen) atoms. The molecule has 2 saturated heterocycles. The van der Waals surface area contributed by atoms with Gasteiger partial charge in [0.15, 0.2) is 17.3 Å². The smallest absolute Gasteiger partial charge is 0.475 e. The predicted molar refractivity (Wildman–Crippen MR) is 237 cm³/mol. The summed E-state index contributed by atoms with van der Waals surface area (Å²) in [7, 11) is -1.71. The molecule has 0 unspecified atom stereocenters. The summed E-state index contributed by atoms with van der Waals surface area (Å²) >= 11 is 0. The van der Waals surface area contributed by atoms with Crippen LogP contribution in [0.3, 0.4) is 0 Å². The van der Waals surface area contributed by atoms with Gasteiger partial charge < -0.3 is 51.5 Å². The summed E-state index contributed by atoms with van der Waals surface area (Å²) in [6.07, 6.45) is -0.361. The Bertz CT molecular complexity index is 1720. The van der Waals surface area contributed by atoms with E-state index in [-0.39, 0.29) is 117 Å². The van der Waals surface area contributed by atoms with Crippen molar-refractivity contribution >= 4 is 71.9 Å². The Hall–Kier alpha value is -5.41. The monoisotopic (exact) mass is 953 g/mol. The maximum Gasteiger partial charge on any atom is 0.475 e. The second-order valence-corrected chi connectivity index (χ2v) is 17.2. The SMILES string of the molecule is CC(C)[C@H](CC(=O)CNC(=O)CCC(=O)CNC(=O)CCC(=O)CNC(=O)CN1CCN(CC(=O)O)CCN(CC(=O)O)CCN(CC(=O)O)CC1)C(=O)N[C@H](C)C(=O)N1CCC[C@H]1B(O)O. The Morgan fingerprint density at radius 2 is 0.925 bits per heavy atom. The van der Waals surface area contributed by atoms with Crippen LogP contribution in [-0.4, -0.2) is 238 Å². The average Bonchev–Trinajstić information content (AvgIpc) is 3.75. The molecule has 2 rings (SSSR count). The average molecular weight is 954 g/mol. The summed E-state index contributed by atoms with van der Waals surface area (Å²) < 4.78 is 0. The molecule has 5 amide bonds. The van der Waals surface area contributed by atoms with Crippen LogP contribution in [0, 0.1) is 11.8 Å². The lowest BCUT2D eigenvalue weighted by molar-refractivity contribution is -0.140. The molecule has 0 radical (unpaired) electrons. The zero-order valence-electron chi connectivity index (χ0n) is 38.6. The van der Waals surface area contributed by atoms with Crippen LogP contribution in [0.4, 0.5) is 0 Å². The van der Waals surface area contributed by atoms with Crippen LogP contribution in [0.1, 0.15) is 65.7 Å². The van der Waals surface area contributed by atoms with E-state index in [0.29, 0.717) is 19.4 Å². The highest BCUT2D eigenvalue weighted by Crippen LogP contribution is 2.20. The Morgan fingerprint density at radius 1 is 0.537 bits per heavy atom. The number of aliphatic carboxylic acids is 3. The van der Waals surface area contributed by atoms with Gasteiger partial charge in [-0.2, -0.15) is 0 Å². The number of nitrogens with one attached hydrogen (secondary N) is 4. The van der Waals surface area contributed by atoms with Crippen molar-refractivity contribution in [3.63, 3.8) is 0 Å². The zero-order chi connectivity index (χ0) is 50.2. The molecule has 26 heteroatoms. The number of carbonyl (C=O) groups is 11. The Balaban J connectivity index is 1.73. The van der Waals surface area contributed by atoms with Gasteiger partial charge in [-0.1, -0.05) is 13.8 Å². The molecule has 2 aliphatic heterocycles. The number of amides is 5. The quantitative estimate of drug-likeness (QED) is 0.0349. The van der Waals surface area contributed by atoms with Gasteiger partial charge in [-0.3, -0.25) is 72.3 Å². The highest BCUT2D eigenvalue weighted by molar-refractivity contribution is 6.43. The van der Waals surface area contributed by atoms with Crippen molar-refractivity contribution in [1.82, 2.24) is 45.8 Å². The van der Waals surface area contributed by atoms with Crippen LogP contribution >= 0.6 is 0 Å². The predicted octanol–water partition coefficient (Wildman–Crippen LogP) is -4.75. The second-order valence-electron chi connectivity index (χ2n) is 17.2. The first kappa shape index (κ1) is 57.7. The Morgan fingerprint density at radius 3 is 1.31 bits per heavy atom. The number of likely N-dealkylation sites (tertiary alicyclic amines) is 1. The number of Topliss-reactive ketones (excluding diaryl/α,β-unsaturated/α-hetero) is 3. The molecule has 0 aromatic rings. The maximum atomic E-state index is 13.1. The van der Waals surface area contributed by atoms with E-state index in [0.717, 1.165) is 0 Å². The molecule has 0 saturated carbocycles. The second kappa shape index (κ2) is 30.1. The number of carboxylic acid groups (broad SMARTS) is 3. The molecule has 0 aromatic heterocycles. The number of hydrogen-bond donors (Lipinski definition) is 9. The lowest BCUT2D eigenvalue weighted by Crippen LogP contribution is -2.53. The van der Waals surface area contributed by atoms with Crippen LogP contribution in [0.25, 0.3) is 0 Å². The molecule has 0 spiro atoms. The van der Waals surface area contributed by atoms with Crippen molar-refractivity contribution in [2.75, 3.05) is 105 Å². The van der Waals surface area contributed by atoms with E-state index in [1.807, 2.05) is 0 Å². The van der Waals surface area contributed by atoms with Gasteiger partial charge in [0.1, 0.15) is 6.04 Å². The van der Waals surface area contributed by atoms with Gasteiger partial charge in [-0.15, -0.1) is 0 Å². The van der Waals surface area contributed by atoms with E-state index in [4.69, 9.17) is 0 Å². The van der Waals surface area contributed by atoms with Crippen LogP contribution in [-0.2, 0) is 52.7 Å². The number of ketones is 3. The molecule has 0 bridgehead atoms. The topological polar surface area (TPSA) is 353 Å². The van der Waals surface area contributed by atoms with E-state index >= 15 is 0 Å². The van der Waals surface area contributed by atoms with Gasteiger partial charge in [-0.05, 0) is 25.7 Å². The molecular formula is C41H68BN9O16.